The van der Waals surface area contributed by atoms with Gasteiger partial charge < -0.3 is 4.42 Å². The highest BCUT2D eigenvalue weighted by atomic mass is 19.4. The van der Waals surface area contributed by atoms with Crippen molar-refractivity contribution < 1.29 is 17.6 Å². The Hall–Kier alpha value is -1.95. The van der Waals surface area contributed by atoms with Crippen LogP contribution in [0.3, 0.4) is 0 Å². The van der Waals surface area contributed by atoms with Gasteiger partial charge in [-0.3, -0.25) is 0 Å². The van der Waals surface area contributed by atoms with Crippen molar-refractivity contribution >= 4 is 0 Å². The van der Waals surface area contributed by atoms with E-state index in [9.17, 15) is 13.2 Å². The summed E-state index contributed by atoms with van der Waals surface area (Å²) in [5, 5.41) is 18.0. The second-order valence-corrected chi connectivity index (χ2v) is 4.32. The number of furan rings is 1. The van der Waals surface area contributed by atoms with Crippen LogP contribution in [0.25, 0.3) is 0 Å². The van der Waals surface area contributed by atoms with E-state index in [4.69, 9.17) is 14.9 Å². The number of hydrogen-bond donors (Lipinski definition) is 0. The van der Waals surface area contributed by atoms with Crippen LogP contribution in [0.2, 0.25) is 0 Å². The molecule has 3 nitrogen and oxygen atoms in total. The van der Waals surface area contributed by atoms with Crippen LogP contribution in [0.15, 0.2) is 16.5 Å². The van der Waals surface area contributed by atoms with Crippen molar-refractivity contribution in [3.63, 3.8) is 0 Å². The third-order valence-corrected chi connectivity index (χ3v) is 2.81. The zero-order valence-corrected chi connectivity index (χ0v) is 10.4. The van der Waals surface area contributed by atoms with E-state index in [1.54, 1.807) is 24.3 Å². The Morgan fingerprint density at radius 3 is 2.11 bits per heavy atom. The lowest BCUT2D eigenvalue weighted by molar-refractivity contribution is -0.138. The predicted molar refractivity (Wildman–Crippen MR) is 60.7 cm³/mol. The van der Waals surface area contributed by atoms with Crippen molar-refractivity contribution in [2.45, 2.75) is 38.8 Å². The van der Waals surface area contributed by atoms with Gasteiger partial charge in [0.15, 0.2) is 5.41 Å². The van der Waals surface area contributed by atoms with E-state index >= 15 is 0 Å². The number of hydrogen-bond acceptors (Lipinski definition) is 3. The van der Waals surface area contributed by atoms with Crippen LogP contribution in [0.4, 0.5) is 13.2 Å². The summed E-state index contributed by atoms with van der Waals surface area (Å²) >= 11 is 0. The van der Waals surface area contributed by atoms with E-state index in [0.717, 1.165) is 0 Å². The molecule has 1 rings (SSSR count). The largest absolute Gasteiger partial charge is 0.466 e. The topological polar surface area (TPSA) is 60.7 Å². The second-order valence-electron chi connectivity index (χ2n) is 4.32. The van der Waals surface area contributed by atoms with Crippen LogP contribution in [0, 0.1) is 28.1 Å². The highest BCUT2D eigenvalue weighted by Crippen LogP contribution is 2.33. The number of rotatable bonds is 5. The monoisotopic (exact) mass is 270 g/mol. The Labute approximate surface area is 109 Å². The van der Waals surface area contributed by atoms with Gasteiger partial charge in [-0.05, 0) is 18.6 Å². The Morgan fingerprint density at radius 2 is 1.68 bits per heavy atom. The van der Waals surface area contributed by atoms with E-state index < -0.39 is 24.4 Å². The van der Waals surface area contributed by atoms with Gasteiger partial charge in [-0.15, -0.1) is 0 Å². The smallest absolute Gasteiger partial charge is 0.389 e. The summed E-state index contributed by atoms with van der Waals surface area (Å²) in [7, 11) is 0. The second kappa shape index (κ2) is 5.79. The zero-order valence-electron chi connectivity index (χ0n) is 10.4. The van der Waals surface area contributed by atoms with Gasteiger partial charge in [-0.2, -0.15) is 23.7 Å². The Bertz CT molecular complexity index is 491. The molecule has 0 amide bonds. The van der Waals surface area contributed by atoms with Gasteiger partial charge in [0.2, 0.25) is 0 Å². The van der Waals surface area contributed by atoms with E-state index in [-0.39, 0.29) is 6.42 Å². The summed E-state index contributed by atoms with van der Waals surface area (Å²) in [5.74, 6) is 1.04. The van der Waals surface area contributed by atoms with E-state index in [1.165, 1.54) is 0 Å². The molecule has 0 aromatic carbocycles. The SMILES string of the molecule is CCc1ccc(CC(C#N)(C#N)CCC(F)(F)F)o1. The molecule has 0 unspecified atom stereocenters. The molecule has 0 bridgehead atoms. The lowest BCUT2D eigenvalue weighted by atomic mass is 9.82. The number of nitriles is 2. The van der Waals surface area contributed by atoms with Gasteiger partial charge in [0.1, 0.15) is 11.5 Å². The predicted octanol–water partition coefficient (Wildman–Crippen LogP) is 3.76. The maximum atomic E-state index is 12.2. The van der Waals surface area contributed by atoms with Crippen LogP contribution in [-0.4, -0.2) is 6.18 Å². The van der Waals surface area contributed by atoms with Crippen molar-refractivity contribution in [3.05, 3.63) is 23.7 Å². The van der Waals surface area contributed by atoms with Crippen LogP contribution in [-0.2, 0) is 12.8 Å². The zero-order chi connectivity index (χ0) is 14.5. The van der Waals surface area contributed by atoms with E-state index in [0.29, 0.717) is 17.9 Å². The van der Waals surface area contributed by atoms with Gasteiger partial charge in [0.25, 0.3) is 0 Å². The van der Waals surface area contributed by atoms with E-state index in [2.05, 4.69) is 0 Å². The molecule has 102 valence electrons. The molecule has 1 heterocycles. The van der Waals surface area contributed by atoms with Crippen molar-refractivity contribution in [2.24, 2.45) is 5.41 Å². The molecular formula is C13H13F3N2O. The van der Waals surface area contributed by atoms with Crippen LogP contribution in [0.5, 0.6) is 0 Å². The molecule has 0 atom stereocenters. The first-order valence-corrected chi connectivity index (χ1v) is 5.81. The first kappa shape index (κ1) is 15.1. The average Bonchev–Trinajstić information content (AvgIpc) is 2.81. The summed E-state index contributed by atoms with van der Waals surface area (Å²) in [6.45, 7) is 1.87. The van der Waals surface area contributed by atoms with Gasteiger partial charge >= 0.3 is 6.18 Å². The molecule has 0 aliphatic rings. The minimum Gasteiger partial charge on any atom is -0.466 e. The summed E-state index contributed by atoms with van der Waals surface area (Å²) in [6.07, 6.45) is -5.57. The van der Waals surface area contributed by atoms with Gasteiger partial charge in [-0.25, -0.2) is 0 Å². The maximum absolute atomic E-state index is 12.2. The lowest BCUT2D eigenvalue weighted by Crippen LogP contribution is -2.22. The molecule has 0 fully saturated rings. The molecule has 19 heavy (non-hydrogen) atoms. The molecule has 0 saturated heterocycles. The lowest BCUT2D eigenvalue weighted by Gasteiger charge is -2.18. The molecule has 0 spiro atoms. The molecule has 0 aliphatic carbocycles. The molecule has 1 aromatic rings. The van der Waals surface area contributed by atoms with Crippen molar-refractivity contribution in [3.8, 4) is 12.1 Å². The van der Waals surface area contributed by atoms with Crippen molar-refractivity contribution in [1.29, 1.82) is 10.5 Å². The standard InChI is InChI=1S/C13H13F3N2O/c1-2-10-3-4-11(19-10)7-12(8-17,9-18)5-6-13(14,15)16/h3-4H,2,5-7H2,1H3. The third-order valence-electron chi connectivity index (χ3n) is 2.81. The Kier molecular flexibility index (Phi) is 4.61. The summed E-state index contributed by atoms with van der Waals surface area (Å²) in [6, 6.07) is 6.67. The highest BCUT2D eigenvalue weighted by Gasteiger charge is 2.37. The van der Waals surface area contributed by atoms with Gasteiger partial charge in [0, 0.05) is 19.3 Å². The molecular weight excluding hydrogens is 257 g/mol. The number of halogens is 3. The van der Waals surface area contributed by atoms with Gasteiger partial charge in [-0.1, -0.05) is 6.92 Å². The minimum atomic E-state index is -4.38. The fourth-order valence-electron chi connectivity index (χ4n) is 1.66. The van der Waals surface area contributed by atoms with Crippen LogP contribution in [0.1, 0.15) is 31.3 Å². The Balaban J connectivity index is 2.83. The maximum Gasteiger partial charge on any atom is 0.389 e. The molecule has 0 N–H and O–H groups in total. The molecule has 1 aromatic heterocycles. The molecule has 0 saturated carbocycles. The number of nitrogens with zero attached hydrogens (tertiary/aromatic N) is 2. The first-order chi connectivity index (χ1) is 8.84. The number of aryl methyl sites for hydroxylation is 1. The normalized spacial score (nSPS) is 11.9. The van der Waals surface area contributed by atoms with Crippen molar-refractivity contribution in [2.75, 3.05) is 0 Å². The third kappa shape index (κ3) is 4.33. The van der Waals surface area contributed by atoms with Gasteiger partial charge in [0.05, 0.1) is 12.1 Å². The minimum absolute atomic E-state index is 0.129. The van der Waals surface area contributed by atoms with Crippen LogP contribution < -0.4 is 0 Å². The quantitative estimate of drug-likeness (QED) is 0.818. The van der Waals surface area contributed by atoms with Crippen molar-refractivity contribution in [1.82, 2.24) is 0 Å². The molecule has 0 aliphatic heterocycles. The molecule has 0 radical (unpaired) electrons. The average molecular weight is 270 g/mol. The van der Waals surface area contributed by atoms with E-state index in [1.807, 2.05) is 6.92 Å². The highest BCUT2D eigenvalue weighted by molar-refractivity contribution is 5.20. The fourth-order valence-corrected chi connectivity index (χ4v) is 1.66. The van der Waals surface area contributed by atoms with Crippen LogP contribution >= 0.6 is 0 Å². The summed E-state index contributed by atoms with van der Waals surface area (Å²) in [4.78, 5) is 0. The fraction of sp³-hybridized carbons (Fsp3) is 0.538. The summed E-state index contributed by atoms with van der Waals surface area (Å²) < 4.78 is 42.0. The molecule has 6 heteroatoms. The Morgan fingerprint density at radius 1 is 1.11 bits per heavy atom. The number of alkyl halides is 3. The first-order valence-electron chi connectivity index (χ1n) is 5.81. The summed E-state index contributed by atoms with van der Waals surface area (Å²) in [5.41, 5.74) is -1.70.